The lowest BCUT2D eigenvalue weighted by Crippen LogP contribution is -2.18. The van der Waals surface area contributed by atoms with Crippen LogP contribution in [0.1, 0.15) is 18.3 Å². The highest BCUT2D eigenvalue weighted by Gasteiger charge is 2.23. The van der Waals surface area contributed by atoms with Crippen LogP contribution >= 0.6 is 11.6 Å². The van der Waals surface area contributed by atoms with Crippen molar-refractivity contribution in [2.75, 3.05) is 27.4 Å². The highest BCUT2D eigenvalue weighted by Crippen LogP contribution is 2.41. The van der Waals surface area contributed by atoms with E-state index in [-0.39, 0.29) is 0 Å². The maximum Gasteiger partial charge on any atom is 0.185 e. The Morgan fingerprint density at radius 1 is 1.18 bits per heavy atom. The first-order valence-electron chi connectivity index (χ1n) is 5.41. The molecule has 1 fully saturated rings. The molecule has 0 aliphatic carbocycles. The van der Waals surface area contributed by atoms with E-state index in [1.807, 2.05) is 6.07 Å². The zero-order valence-corrected chi connectivity index (χ0v) is 10.6. The van der Waals surface area contributed by atoms with Gasteiger partial charge in [-0.05, 0) is 18.6 Å². The largest absolute Gasteiger partial charge is 0.493 e. The molecule has 0 amide bonds. The number of ether oxygens (including phenoxy) is 4. The molecule has 1 aromatic carbocycles. The van der Waals surface area contributed by atoms with Crippen LogP contribution in [0.5, 0.6) is 11.5 Å². The minimum Gasteiger partial charge on any atom is -0.493 e. The Hall–Kier alpha value is -0.970. The third kappa shape index (κ3) is 2.49. The summed E-state index contributed by atoms with van der Waals surface area (Å²) in [7, 11) is 3.12. The minimum atomic E-state index is -0.420. The van der Waals surface area contributed by atoms with Crippen LogP contribution in [0.15, 0.2) is 12.1 Å². The van der Waals surface area contributed by atoms with Crippen LogP contribution in [0.4, 0.5) is 0 Å². The van der Waals surface area contributed by atoms with Crippen LogP contribution in [-0.4, -0.2) is 27.4 Å². The smallest absolute Gasteiger partial charge is 0.185 e. The fraction of sp³-hybridized carbons (Fsp3) is 0.500. The first kappa shape index (κ1) is 12.5. The van der Waals surface area contributed by atoms with Crippen molar-refractivity contribution in [1.82, 2.24) is 0 Å². The number of hydrogen-bond acceptors (Lipinski definition) is 4. The summed E-state index contributed by atoms with van der Waals surface area (Å²) in [6.07, 6.45) is 0.484. The van der Waals surface area contributed by atoms with E-state index in [1.54, 1.807) is 20.3 Å². The van der Waals surface area contributed by atoms with E-state index in [2.05, 4.69) is 0 Å². The second-order valence-corrected chi connectivity index (χ2v) is 4.01. The van der Waals surface area contributed by atoms with Gasteiger partial charge in [0.25, 0.3) is 0 Å². The molecule has 1 saturated heterocycles. The van der Waals surface area contributed by atoms with Gasteiger partial charge in [0, 0.05) is 5.56 Å². The van der Waals surface area contributed by atoms with E-state index >= 15 is 0 Å². The maximum absolute atomic E-state index is 6.26. The molecule has 0 bridgehead atoms. The second kappa shape index (κ2) is 5.58. The lowest BCUT2D eigenvalue weighted by atomic mass is 10.2. The van der Waals surface area contributed by atoms with Crippen molar-refractivity contribution in [3.8, 4) is 11.5 Å². The van der Waals surface area contributed by atoms with Gasteiger partial charge >= 0.3 is 0 Å². The van der Waals surface area contributed by atoms with Gasteiger partial charge in [0.15, 0.2) is 17.8 Å². The molecule has 5 heteroatoms. The summed E-state index contributed by atoms with van der Waals surface area (Å²) >= 11 is 6.26. The third-order valence-electron chi connectivity index (χ3n) is 2.60. The summed E-state index contributed by atoms with van der Waals surface area (Å²) in [6, 6.07) is 3.63. The van der Waals surface area contributed by atoms with Crippen molar-refractivity contribution < 1.29 is 18.9 Å². The molecule has 0 aromatic heterocycles. The molecule has 1 aromatic rings. The molecule has 0 radical (unpaired) electrons. The van der Waals surface area contributed by atoms with Crippen molar-refractivity contribution in [2.45, 2.75) is 12.7 Å². The van der Waals surface area contributed by atoms with Crippen LogP contribution in [0.3, 0.4) is 0 Å². The third-order valence-corrected chi connectivity index (χ3v) is 2.99. The number of methoxy groups -OCH3 is 2. The van der Waals surface area contributed by atoms with Gasteiger partial charge in [-0.2, -0.15) is 0 Å². The van der Waals surface area contributed by atoms with Crippen LogP contribution in [0.2, 0.25) is 5.02 Å². The van der Waals surface area contributed by atoms with E-state index in [9.17, 15) is 0 Å². The lowest BCUT2D eigenvalue weighted by Gasteiger charge is -2.25. The van der Waals surface area contributed by atoms with Crippen molar-refractivity contribution in [2.24, 2.45) is 0 Å². The second-order valence-electron chi connectivity index (χ2n) is 3.63. The molecule has 0 saturated carbocycles. The predicted molar refractivity (Wildman–Crippen MR) is 63.8 cm³/mol. The highest BCUT2D eigenvalue weighted by molar-refractivity contribution is 6.33. The number of halogens is 1. The van der Waals surface area contributed by atoms with Crippen LogP contribution in [-0.2, 0) is 9.47 Å². The Morgan fingerprint density at radius 2 is 1.88 bits per heavy atom. The summed E-state index contributed by atoms with van der Waals surface area (Å²) in [5, 5.41) is 0.471. The predicted octanol–water partition coefficient (Wildman–Crippen LogP) is 2.79. The normalized spacial score (nSPS) is 16.9. The molecule has 2 rings (SSSR count). The van der Waals surface area contributed by atoms with Crippen LogP contribution < -0.4 is 9.47 Å². The van der Waals surface area contributed by atoms with E-state index in [4.69, 9.17) is 30.5 Å². The average Bonchev–Trinajstić information content (AvgIpc) is 2.39. The van der Waals surface area contributed by atoms with Crippen molar-refractivity contribution in [1.29, 1.82) is 0 Å². The summed E-state index contributed by atoms with van der Waals surface area (Å²) in [5.74, 6) is 1.10. The Bertz CT molecular complexity index is 388. The van der Waals surface area contributed by atoms with Gasteiger partial charge in [-0.3, -0.25) is 0 Å². The van der Waals surface area contributed by atoms with E-state index < -0.39 is 6.29 Å². The Balaban J connectivity index is 2.34. The van der Waals surface area contributed by atoms with Crippen molar-refractivity contribution in [3.63, 3.8) is 0 Å². The maximum atomic E-state index is 6.26. The molecule has 94 valence electrons. The van der Waals surface area contributed by atoms with Crippen LogP contribution in [0.25, 0.3) is 0 Å². The number of benzene rings is 1. The average molecular weight is 259 g/mol. The van der Waals surface area contributed by atoms with E-state index in [0.29, 0.717) is 29.7 Å². The topological polar surface area (TPSA) is 36.9 Å². The number of rotatable bonds is 3. The zero-order chi connectivity index (χ0) is 12.3. The molecule has 0 atom stereocenters. The molecule has 1 heterocycles. The molecule has 0 spiro atoms. The zero-order valence-electron chi connectivity index (χ0n) is 9.86. The number of hydrogen-bond donors (Lipinski definition) is 0. The molecule has 17 heavy (non-hydrogen) atoms. The summed E-state index contributed by atoms with van der Waals surface area (Å²) in [6.45, 7) is 1.35. The van der Waals surface area contributed by atoms with Gasteiger partial charge in [0.1, 0.15) is 0 Å². The molecular formula is C12H15ClO4. The van der Waals surface area contributed by atoms with Crippen LogP contribution in [0, 0.1) is 0 Å². The summed E-state index contributed by atoms with van der Waals surface area (Å²) in [4.78, 5) is 0. The highest BCUT2D eigenvalue weighted by atomic mass is 35.5. The van der Waals surface area contributed by atoms with Crippen molar-refractivity contribution >= 4 is 11.6 Å². The van der Waals surface area contributed by atoms with Gasteiger partial charge < -0.3 is 18.9 Å². The lowest BCUT2D eigenvalue weighted by molar-refractivity contribution is -0.183. The summed E-state index contributed by atoms with van der Waals surface area (Å²) < 4.78 is 21.4. The first-order chi connectivity index (χ1) is 8.27. The Morgan fingerprint density at radius 3 is 2.47 bits per heavy atom. The molecular weight excluding hydrogens is 244 g/mol. The molecule has 0 N–H and O–H groups in total. The Labute approximate surface area is 105 Å². The Kier molecular flexibility index (Phi) is 4.10. The fourth-order valence-electron chi connectivity index (χ4n) is 1.75. The molecule has 4 nitrogen and oxygen atoms in total. The fourth-order valence-corrected chi connectivity index (χ4v) is 2.08. The van der Waals surface area contributed by atoms with Gasteiger partial charge in [-0.25, -0.2) is 0 Å². The molecule has 1 aliphatic heterocycles. The quantitative estimate of drug-likeness (QED) is 0.835. The minimum absolute atomic E-state index is 0.420. The molecule has 0 unspecified atom stereocenters. The van der Waals surface area contributed by atoms with Gasteiger partial charge in [0.05, 0.1) is 32.5 Å². The summed E-state index contributed by atoms with van der Waals surface area (Å²) in [5.41, 5.74) is 0.768. The van der Waals surface area contributed by atoms with Gasteiger partial charge in [-0.1, -0.05) is 11.6 Å². The molecule has 1 aliphatic rings. The SMILES string of the molecule is COc1ccc(C2OCCCO2)c(Cl)c1OC. The monoisotopic (exact) mass is 258 g/mol. The van der Waals surface area contributed by atoms with E-state index in [0.717, 1.165) is 12.0 Å². The van der Waals surface area contributed by atoms with Gasteiger partial charge in [0.2, 0.25) is 0 Å². The standard InChI is InChI=1S/C12H15ClO4/c1-14-9-5-4-8(10(13)11(9)15-2)12-16-6-3-7-17-12/h4-5,12H,3,6-7H2,1-2H3. The first-order valence-corrected chi connectivity index (χ1v) is 5.79. The van der Waals surface area contributed by atoms with Gasteiger partial charge in [-0.15, -0.1) is 0 Å². The van der Waals surface area contributed by atoms with Crippen molar-refractivity contribution in [3.05, 3.63) is 22.7 Å². The van der Waals surface area contributed by atoms with E-state index in [1.165, 1.54) is 0 Å².